The van der Waals surface area contributed by atoms with Crippen LogP contribution in [0.4, 0.5) is 0 Å². The fraction of sp³-hybridized carbons (Fsp3) is 0.389. The molecule has 0 unspecified atom stereocenters. The summed E-state index contributed by atoms with van der Waals surface area (Å²) in [5, 5.41) is 11.5. The summed E-state index contributed by atoms with van der Waals surface area (Å²) in [6.07, 6.45) is 1.85. The second-order valence-electron chi connectivity index (χ2n) is 6.50. The fourth-order valence-corrected chi connectivity index (χ4v) is 4.29. The molecule has 2 aromatic rings. The normalized spacial score (nSPS) is 13.8. The second-order valence-corrected chi connectivity index (χ2v) is 8.48. The van der Waals surface area contributed by atoms with E-state index in [0.29, 0.717) is 15.7 Å². The molecule has 6 heteroatoms. The number of aromatic nitrogens is 1. The highest BCUT2D eigenvalue weighted by Crippen LogP contribution is 2.19. The Morgan fingerprint density at radius 1 is 1.42 bits per heavy atom. The predicted octanol–water partition coefficient (Wildman–Crippen LogP) is 2.42. The zero-order valence-electron chi connectivity index (χ0n) is 14.5. The Hall–Kier alpha value is -1.97. The molecule has 0 saturated carbocycles. The summed E-state index contributed by atoms with van der Waals surface area (Å²) in [5.41, 5.74) is 0.346. The molecule has 0 bridgehead atoms. The van der Waals surface area contributed by atoms with Crippen LogP contribution in [0.1, 0.15) is 38.1 Å². The number of thiazole rings is 1. The molecule has 0 N–H and O–H groups in total. The van der Waals surface area contributed by atoms with Crippen molar-refractivity contribution in [3.8, 4) is 6.07 Å². The maximum atomic E-state index is 12.7. The number of nitrogens with zero attached hydrogens (tertiary/aromatic N) is 2. The quantitative estimate of drug-likeness (QED) is 0.844. The van der Waals surface area contributed by atoms with E-state index in [9.17, 15) is 14.9 Å². The number of Topliss-reactive ketones (excluding diaryl/α,β-unsaturated/α-hetero) is 1. The van der Waals surface area contributed by atoms with Crippen LogP contribution in [0.25, 0.3) is 11.6 Å². The average Bonchev–Trinajstić information content (AvgIpc) is 3.04. The Morgan fingerprint density at radius 3 is 2.54 bits per heavy atom. The van der Waals surface area contributed by atoms with Crippen LogP contribution >= 0.6 is 22.7 Å². The van der Waals surface area contributed by atoms with Gasteiger partial charge in [-0.25, -0.2) is 0 Å². The van der Waals surface area contributed by atoms with Crippen LogP contribution in [0, 0.1) is 23.7 Å². The predicted molar refractivity (Wildman–Crippen MR) is 99.6 cm³/mol. The molecule has 2 rings (SSSR count). The largest absolute Gasteiger partial charge is 0.298 e. The maximum absolute atomic E-state index is 12.7. The third kappa shape index (κ3) is 3.42. The molecule has 0 atom stereocenters. The Balaban J connectivity index is 2.85. The lowest BCUT2D eigenvalue weighted by atomic mass is 9.87. The molecule has 2 aromatic heterocycles. The van der Waals surface area contributed by atoms with Gasteiger partial charge in [-0.3, -0.25) is 14.2 Å². The molecule has 2 heterocycles. The van der Waals surface area contributed by atoms with Gasteiger partial charge in [0.15, 0.2) is 5.78 Å². The zero-order valence-corrected chi connectivity index (χ0v) is 16.1. The molecule has 0 saturated heterocycles. The summed E-state index contributed by atoms with van der Waals surface area (Å²) < 4.78 is 2.51. The molecular weight excluding hydrogens is 340 g/mol. The van der Waals surface area contributed by atoms with E-state index < -0.39 is 5.41 Å². The first-order valence-corrected chi connectivity index (χ1v) is 9.35. The highest BCUT2D eigenvalue weighted by Gasteiger charge is 2.27. The minimum absolute atomic E-state index is 0.0639. The third-order valence-corrected chi connectivity index (χ3v) is 5.72. The van der Waals surface area contributed by atoms with Gasteiger partial charge in [-0.2, -0.15) is 5.26 Å². The highest BCUT2D eigenvalue weighted by atomic mass is 32.1. The summed E-state index contributed by atoms with van der Waals surface area (Å²) >= 11 is 2.78. The molecule has 24 heavy (non-hydrogen) atoms. The number of ketones is 1. The molecule has 0 fully saturated rings. The first kappa shape index (κ1) is 18.4. The summed E-state index contributed by atoms with van der Waals surface area (Å²) in [7, 11) is 0. The SMILES string of the molecule is CCn1c(=O)/c(=C/c2sccc2C)s/c1=C(/C#N)C(=O)C(C)(C)C. The Kier molecular flexibility index (Phi) is 5.26. The lowest BCUT2D eigenvalue weighted by Gasteiger charge is -2.15. The molecule has 0 spiro atoms. The van der Waals surface area contributed by atoms with Gasteiger partial charge in [0.05, 0.1) is 4.53 Å². The van der Waals surface area contributed by atoms with E-state index in [2.05, 4.69) is 0 Å². The van der Waals surface area contributed by atoms with Crippen LogP contribution in [0.2, 0.25) is 0 Å². The van der Waals surface area contributed by atoms with Crippen molar-refractivity contribution in [3.05, 3.63) is 41.4 Å². The van der Waals surface area contributed by atoms with Gasteiger partial charge >= 0.3 is 0 Å². The van der Waals surface area contributed by atoms with Gasteiger partial charge in [-0.05, 0) is 36.9 Å². The molecule has 0 amide bonds. The van der Waals surface area contributed by atoms with E-state index in [-0.39, 0.29) is 16.9 Å². The van der Waals surface area contributed by atoms with Crippen LogP contribution in [0.15, 0.2) is 16.2 Å². The molecule has 0 radical (unpaired) electrons. The monoisotopic (exact) mass is 360 g/mol. The van der Waals surface area contributed by atoms with Gasteiger partial charge in [-0.15, -0.1) is 22.7 Å². The summed E-state index contributed by atoms with van der Waals surface area (Å²) in [4.78, 5) is 26.3. The van der Waals surface area contributed by atoms with Gasteiger partial charge in [-0.1, -0.05) is 20.8 Å². The number of nitriles is 1. The summed E-state index contributed by atoms with van der Waals surface area (Å²) in [6, 6.07) is 4.02. The summed E-state index contributed by atoms with van der Waals surface area (Å²) in [5.74, 6) is -0.243. The van der Waals surface area contributed by atoms with Crippen molar-refractivity contribution in [2.45, 2.75) is 41.2 Å². The van der Waals surface area contributed by atoms with Gasteiger partial charge < -0.3 is 0 Å². The van der Waals surface area contributed by atoms with Crippen LogP contribution in [-0.4, -0.2) is 10.4 Å². The number of carbonyl (C=O) groups excluding carboxylic acids is 1. The van der Waals surface area contributed by atoms with Crippen molar-refractivity contribution in [3.63, 3.8) is 0 Å². The summed E-state index contributed by atoms with van der Waals surface area (Å²) in [6.45, 7) is 9.58. The number of thiophene rings is 1. The molecule has 126 valence electrons. The molecule has 0 aliphatic rings. The van der Waals surface area contributed by atoms with Crippen LogP contribution in [-0.2, 0) is 11.3 Å². The first-order valence-electron chi connectivity index (χ1n) is 7.65. The maximum Gasteiger partial charge on any atom is 0.269 e. The van der Waals surface area contributed by atoms with Crippen LogP contribution < -0.4 is 14.8 Å². The number of aryl methyl sites for hydroxylation is 1. The van der Waals surface area contributed by atoms with E-state index in [1.165, 1.54) is 15.9 Å². The minimum Gasteiger partial charge on any atom is -0.298 e. The lowest BCUT2D eigenvalue weighted by molar-refractivity contribution is -0.120. The van der Waals surface area contributed by atoms with E-state index >= 15 is 0 Å². The van der Waals surface area contributed by atoms with Crippen molar-refractivity contribution in [2.24, 2.45) is 5.41 Å². The van der Waals surface area contributed by atoms with Gasteiger partial charge in [0.25, 0.3) is 5.56 Å². The number of hydrogen-bond acceptors (Lipinski definition) is 5. The number of hydrogen-bond donors (Lipinski definition) is 0. The Morgan fingerprint density at radius 2 is 2.08 bits per heavy atom. The van der Waals surface area contributed by atoms with E-state index in [4.69, 9.17) is 0 Å². The molecule has 0 aromatic carbocycles. The lowest BCUT2D eigenvalue weighted by Crippen LogP contribution is -2.33. The van der Waals surface area contributed by atoms with Crippen LogP contribution in [0.5, 0.6) is 0 Å². The molecule has 0 aliphatic carbocycles. The molecule has 4 nitrogen and oxygen atoms in total. The van der Waals surface area contributed by atoms with Gasteiger partial charge in [0.2, 0.25) is 0 Å². The smallest absolute Gasteiger partial charge is 0.269 e. The third-order valence-electron chi connectivity index (χ3n) is 3.62. The van der Waals surface area contributed by atoms with Crippen LogP contribution in [0.3, 0.4) is 0 Å². The Bertz CT molecular complexity index is 992. The van der Waals surface area contributed by atoms with Crippen molar-refractivity contribution in [1.29, 1.82) is 5.26 Å². The van der Waals surface area contributed by atoms with Crippen molar-refractivity contribution in [1.82, 2.24) is 4.57 Å². The van der Waals surface area contributed by atoms with Crippen molar-refractivity contribution in [2.75, 3.05) is 0 Å². The number of carbonyl (C=O) groups is 1. The molecule has 0 aliphatic heterocycles. The minimum atomic E-state index is -0.669. The topological polar surface area (TPSA) is 62.9 Å². The highest BCUT2D eigenvalue weighted by molar-refractivity contribution is 7.11. The van der Waals surface area contributed by atoms with E-state index in [1.54, 1.807) is 32.1 Å². The fourth-order valence-electron chi connectivity index (χ4n) is 2.21. The average molecular weight is 361 g/mol. The second kappa shape index (κ2) is 6.88. The standard InChI is InChI=1S/C18H20N2O2S2/c1-6-20-16(22)14(9-13-11(2)7-8-23-13)24-17(20)12(10-19)15(21)18(3,4)5/h7-9H,6H2,1-5H3/b14-9-,17-12-. The zero-order chi connectivity index (χ0) is 18.1. The Labute approximate surface area is 149 Å². The van der Waals surface area contributed by atoms with E-state index in [1.807, 2.05) is 37.4 Å². The van der Waals surface area contributed by atoms with Crippen molar-refractivity contribution < 1.29 is 4.79 Å². The van der Waals surface area contributed by atoms with E-state index in [0.717, 1.165) is 10.4 Å². The van der Waals surface area contributed by atoms with Gasteiger partial charge in [0.1, 0.15) is 16.3 Å². The van der Waals surface area contributed by atoms with Gasteiger partial charge in [0, 0.05) is 16.8 Å². The number of rotatable bonds is 3. The first-order chi connectivity index (χ1) is 11.2. The molecular formula is C18H20N2O2S2. The van der Waals surface area contributed by atoms with Crippen molar-refractivity contribution >= 4 is 40.1 Å².